The third-order valence-corrected chi connectivity index (χ3v) is 6.69. The van der Waals surface area contributed by atoms with Crippen LogP contribution in [0.4, 0.5) is 18.9 Å². The van der Waals surface area contributed by atoms with Crippen molar-refractivity contribution >= 4 is 56.6 Å². The first-order chi connectivity index (χ1) is 17.7. The number of carbonyl (C=O) groups is 1. The maximum Gasteiger partial charge on any atom is 0.416 e. The number of alkyl halides is 3. The molecule has 0 fully saturated rings. The number of nitrogens with one attached hydrogen (secondary N) is 2. The Morgan fingerprint density at radius 2 is 1.78 bits per heavy atom. The summed E-state index contributed by atoms with van der Waals surface area (Å²) < 4.78 is 39.1. The summed E-state index contributed by atoms with van der Waals surface area (Å²) >= 11 is 12.3. The first-order valence-corrected chi connectivity index (χ1v) is 12.3. The summed E-state index contributed by atoms with van der Waals surface area (Å²) in [5, 5.41) is 5.08. The van der Waals surface area contributed by atoms with E-state index in [0.29, 0.717) is 17.9 Å². The van der Waals surface area contributed by atoms with Crippen LogP contribution in [0.25, 0.3) is 33.2 Å². The molecule has 0 saturated heterocycles. The summed E-state index contributed by atoms with van der Waals surface area (Å²) in [6.45, 7) is 0. The Morgan fingerprint density at radius 3 is 2.59 bits per heavy atom. The average Bonchev–Trinajstić information content (AvgIpc) is 3.22. The lowest BCUT2D eigenvalue weighted by molar-refractivity contribution is -0.137. The van der Waals surface area contributed by atoms with Crippen LogP contribution in [0.1, 0.15) is 24.0 Å². The number of hydrogen-bond acceptors (Lipinski definition) is 2. The lowest BCUT2D eigenvalue weighted by Gasteiger charge is -2.12. The van der Waals surface area contributed by atoms with Gasteiger partial charge in [0.2, 0.25) is 5.91 Å². The number of amides is 1. The first kappa shape index (κ1) is 25.1. The number of fused-ring (bicyclic) bond motifs is 2. The number of rotatable bonds is 6. The minimum atomic E-state index is -4.53. The quantitative estimate of drug-likeness (QED) is 0.226. The highest BCUT2D eigenvalue weighted by atomic mass is 35.5. The van der Waals surface area contributed by atoms with Crippen LogP contribution in [-0.4, -0.2) is 15.9 Å². The number of anilines is 1. The monoisotopic (exact) mass is 541 g/mol. The Morgan fingerprint density at radius 1 is 0.973 bits per heavy atom. The fourth-order valence-electron chi connectivity index (χ4n) is 4.34. The molecule has 37 heavy (non-hydrogen) atoms. The molecule has 0 bridgehead atoms. The second-order valence-electron chi connectivity index (χ2n) is 8.65. The van der Waals surface area contributed by atoms with Gasteiger partial charge in [-0.2, -0.15) is 13.2 Å². The molecule has 1 amide bonds. The van der Waals surface area contributed by atoms with Gasteiger partial charge in [0.25, 0.3) is 0 Å². The molecule has 0 saturated carbocycles. The summed E-state index contributed by atoms with van der Waals surface area (Å²) in [7, 11) is 0. The molecule has 4 nitrogen and oxygen atoms in total. The summed E-state index contributed by atoms with van der Waals surface area (Å²) in [5.41, 5.74) is 3.37. The minimum absolute atomic E-state index is 0.0392. The molecule has 2 N–H and O–H groups in total. The Hall–Kier alpha value is -3.55. The van der Waals surface area contributed by atoms with Gasteiger partial charge in [-0.1, -0.05) is 47.5 Å². The number of hydrogen-bond donors (Lipinski definition) is 2. The second kappa shape index (κ2) is 10.1. The number of pyridine rings is 1. The van der Waals surface area contributed by atoms with Crippen LogP contribution >= 0.6 is 23.2 Å². The third kappa shape index (κ3) is 5.43. The van der Waals surface area contributed by atoms with E-state index in [1.54, 1.807) is 6.07 Å². The molecule has 0 aliphatic heterocycles. The topological polar surface area (TPSA) is 57.8 Å². The van der Waals surface area contributed by atoms with E-state index >= 15 is 0 Å². The third-order valence-electron chi connectivity index (χ3n) is 6.12. The lowest BCUT2D eigenvalue weighted by atomic mass is 10.0. The number of nitrogens with zero attached hydrogens (tertiary/aromatic N) is 1. The smallest absolute Gasteiger partial charge is 0.353 e. The molecule has 188 valence electrons. The molecule has 0 aliphatic carbocycles. The lowest BCUT2D eigenvalue weighted by Crippen LogP contribution is -2.13. The van der Waals surface area contributed by atoms with Gasteiger partial charge in [-0.15, -0.1) is 0 Å². The molecule has 0 aliphatic rings. The van der Waals surface area contributed by atoms with Gasteiger partial charge >= 0.3 is 6.18 Å². The van der Waals surface area contributed by atoms with Crippen molar-refractivity contribution < 1.29 is 18.0 Å². The highest BCUT2D eigenvalue weighted by Gasteiger charge is 2.31. The molecule has 3 aromatic carbocycles. The molecule has 5 aromatic rings. The van der Waals surface area contributed by atoms with Crippen LogP contribution in [0.3, 0.4) is 0 Å². The van der Waals surface area contributed by atoms with Crippen LogP contribution in [0.5, 0.6) is 0 Å². The largest absolute Gasteiger partial charge is 0.416 e. The van der Waals surface area contributed by atoms with Crippen LogP contribution in [0.2, 0.25) is 10.0 Å². The van der Waals surface area contributed by atoms with Gasteiger partial charge in [0.15, 0.2) is 0 Å². The van der Waals surface area contributed by atoms with Crippen molar-refractivity contribution in [1.29, 1.82) is 0 Å². The van der Waals surface area contributed by atoms with Crippen LogP contribution in [0, 0.1) is 0 Å². The number of carbonyl (C=O) groups excluding carboxylic acids is 1. The van der Waals surface area contributed by atoms with E-state index in [1.807, 2.05) is 48.5 Å². The first-order valence-electron chi connectivity index (χ1n) is 11.5. The number of halogens is 5. The van der Waals surface area contributed by atoms with E-state index in [0.717, 1.165) is 57.0 Å². The Kier molecular flexibility index (Phi) is 6.84. The molecule has 0 spiro atoms. The van der Waals surface area contributed by atoms with Gasteiger partial charge < -0.3 is 10.3 Å². The van der Waals surface area contributed by atoms with E-state index in [2.05, 4.69) is 10.3 Å². The van der Waals surface area contributed by atoms with E-state index in [1.165, 1.54) is 0 Å². The highest BCUT2D eigenvalue weighted by Crippen LogP contribution is 2.35. The van der Waals surface area contributed by atoms with Crippen molar-refractivity contribution in [3.63, 3.8) is 0 Å². The number of H-pyrrole nitrogens is 1. The van der Waals surface area contributed by atoms with Crippen LogP contribution in [-0.2, 0) is 17.4 Å². The predicted octanol–water partition coefficient (Wildman–Crippen LogP) is 8.67. The number of aromatic nitrogens is 2. The molecule has 0 atom stereocenters. The van der Waals surface area contributed by atoms with Crippen molar-refractivity contribution in [3.8, 4) is 11.4 Å². The molecule has 0 unspecified atom stereocenters. The van der Waals surface area contributed by atoms with Crippen LogP contribution < -0.4 is 5.32 Å². The molecule has 9 heteroatoms. The minimum Gasteiger partial charge on any atom is -0.353 e. The number of aryl methyl sites for hydroxylation is 1. The van der Waals surface area contributed by atoms with Crippen molar-refractivity contribution in [2.24, 2.45) is 0 Å². The zero-order chi connectivity index (χ0) is 26.2. The zero-order valence-electron chi connectivity index (χ0n) is 19.3. The molecule has 5 rings (SSSR count). The van der Waals surface area contributed by atoms with E-state index in [9.17, 15) is 18.0 Å². The van der Waals surface area contributed by atoms with E-state index in [4.69, 9.17) is 28.2 Å². The standard InChI is InChI=1S/C28H20Cl2F3N3O/c29-18-10-13-23-20(15-18)19(27(36-23)24-12-8-16-4-1-2-6-22(16)34-24)5-3-7-26(37)35-25-14-17(28(31,32)33)9-11-21(25)30/h1-2,4,6,8-15,36H,3,5,7H2,(H,35,37). The number of aromatic amines is 1. The molecular weight excluding hydrogens is 522 g/mol. The van der Waals surface area contributed by atoms with Gasteiger partial charge in [0.05, 0.1) is 33.2 Å². The molecule has 2 heterocycles. The fourth-order valence-corrected chi connectivity index (χ4v) is 4.68. The second-order valence-corrected chi connectivity index (χ2v) is 9.50. The van der Waals surface area contributed by atoms with Gasteiger partial charge in [0, 0.05) is 27.7 Å². The van der Waals surface area contributed by atoms with Crippen molar-refractivity contribution in [2.45, 2.75) is 25.4 Å². The highest BCUT2D eigenvalue weighted by molar-refractivity contribution is 6.33. The molecular formula is C28H20Cl2F3N3O. The maximum absolute atomic E-state index is 13.0. The average molecular weight is 542 g/mol. The Balaban J connectivity index is 1.38. The summed E-state index contributed by atoms with van der Waals surface area (Å²) in [4.78, 5) is 20.8. The number of benzene rings is 3. The normalized spacial score (nSPS) is 11.8. The Bertz CT molecular complexity index is 1630. The summed E-state index contributed by atoms with van der Waals surface area (Å²) in [6.07, 6.45) is -3.48. The van der Waals surface area contributed by atoms with Crippen molar-refractivity contribution in [2.75, 3.05) is 5.32 Å². The van der Waals surface area contributed by atoms with Crippen molar-refractivity contribution in [1.82, 2.24) is 9.97 Å². The van der Waals surface area contributed by atoms with Gasteiger partial charge in [-0.3, -0.25) is 4.79 Å². The fraction of sp³-hybridized carbons (Fsp3) is 0.143. The maximum atomic E-state index is 13.0. The molecule has 2 aromatic heterocycles. The van der Waals surface area contributed by atoms with Crippen LogP contribution in [0.15, 0.2) is 72.8 Å². The van der Waals surface area contributed by atoms with E-state index < -0.39 is 17.6 Å². The zero-order valence-corrected chi connectivity index (χ0v) is 20.8. The van der Waals surface area contributed by atoms with Crippen molar-refractivity contribution in [3.05, 3.63) is 94.0 Å². The Labute approximate surface area is 220 Å². The van der Waals surface area contributed by atoms with Gasteiger partial charge in [-0.25, -0.2) is 4.98 Å². The summed E-state index contributed by atoms with van der Waals surface area (Å²) in [5.74, 6) is -0.426. The predicted molar refractivity (Wildman–Crippen MR) is 142 cm³/mol. The van der Waals surface area contributed by atoms with Gasteiger partial charge in [-0.05, 0) is 66.9 Å². The molecule has 0 radical (unpaired) electrons. The van der Waals surface area contributed by atoms with Gasteiger partial charge in [0.1, 0.15) is 0 Å². The van der Waals surface area contributed by atoms with E-state index in [-0.39, 0.29) is 17.1 Å². The SMILES string of the molecule is O=C(CCCc1c(-c2ccc3ccccc3n2)[nH]c2ccc(Cl)cc12)Nc1cc(C(F)(F)F)ccc1Cl. The summed E-state index contributed by atoms with van der Waals surface area (Å²) in [6, 6.07) is 20.2. The number of para-hydroxylation sites is 1.